The summed E-state index contributed by atoms with van der Waals surface area (Å²) in [6.07, 6.45) is 7.21. The monoisotopic (exact) mass is 221 g/mol. The maximum Gasteiger partial charge on any atom is 0.211 e. The van der Waals surface area contributed by atoms with Crippen LogP contribution in [-0.4, -0.2) is 28.4 Å². The fraction of sp³-hybridized carbons (Fsp3) is 0.667. The summed E-state index contributed by atoms with van der Waals surface area (Å²) in [5.41, 5.74) is 0. The minimum atomic E-state index is 0.0964. The van der Waals surface area contributed by atoms with Gasteiger partial charge in [0.1, 0.15) is 0 Å². The first kappa shape index (κ1) is 11.3. The Morgan fingerprint density at radius 1 is 1.62 bits per heavy atom. The van der Waals surface area contributed by atoms with Crippen LogP contribution in [0.3, 0.4) is 0 Å². The van der Waals surface area contributed by atoms with Crippen LogP contribution < -0.4 is 5.32 Å². The van der Waals surface area contributed by atoms with Crippen molar-refractivity contribution in [1.82, 2.24) is 14.9 Å². The highest BCUT2D eigenvalue weighted by Crippen LogP contribution is 2.27. The van der Waals surface area contributed by atoms with Crippen LogP contribution in [0.4, 0.5) is 0 Å². The van der Waals surface area contributed by atoms with Gasteiger partial charge in [-0.3, -0.25) is 4.79 Å². The van der Waals surface area contributed by atoms with Crippen LogP contribution in [0.15, 0.2) is 12.4 Å². The van der Waals surface area contributed by atoms with E-state index in [2.05, 4.69) is 17.2 Å². The molecule has 0 bridgehead atoms. The van der Waals surface area contributed by atoms with Gasteiger partial charge in [0.25, 0.3) is 0 Å². The molecule has 88 valence electrons. The van der Waals surface area contributed by atoms with E-state index >= 15 is 0 Å². The number of ketones is 1. The van der Waals surface area contributed by atoms with E-state index < -0.39 is 0 Å². The summed E-state index contributed by atoms with van der Waals surface area (Å²) in [5, 5.41) is 3.20. The maximum absolute atomic E-state index is 11.9. The Bertz CT molecular complexity index is 355. The van der Waals surface area contributed by atoms with Crippen LogP contribution in [-0.2, 0) is 6.54 Å². The van der Waals surface area contributed by atoms with Crippen molar-refractivity contribution in [2.24, 2.45) is 5.92 Å². The number of carbonyl (C=O) groups is 1. The normalized spacial score (nSPS) is 15.3. The first-order chi connectivity index (χ1) is 7.81. The van der Waals surface area contributed by atoms with Crippen molar-refractivity contribution in [3.05, 3.63) is 18.2 Å². The van der Waals surface area contributed by atoms with Gasteiger partial charge in [0.05, 0.1) is 6.54 Å². The molecule has 16 heavy (non-hydrogen) atoms. The third-order valence-corrected chi connectivity index (χ3v) is 2.84. The number of hydrogen-bond acceptors (Lipinski definition) is 3. The molecule has 0 amide bonds. The summed E-state index contributed by atoms with van der Waals surface area (Å²) < 4.78 is 1.93. The molecule has 0 saturated heterocycles. The van der Waals surface area contributed by atoms with E-state index in [1.807, 2.05) is 10.8 Å². The molecule has 0 spiro atoms. The van der Waals surface area contributed by atoms with Gasteiger partial charge in [-0.1, -0.05) is 6.92 Å². The second kappa shape index (κ2) is 5.25. The summed E-state index contributed by atoms with van der Waals surface area (Å²) >= 11 is 0. The SMILES string of the molecule is CCCn1ccnc1C(=O)CNCC1CC1. The number of hydrogen-bond donors (Lipinski definition) is 1. The molecular formula is C12H19N3O. The van der Waals surface area contributed by atoms with E-state index in [0.717, 1.165) is 25.4 Å². The van der Waals surface area contributed by atoms with Gasteiger partial charge >= 0.3 is 0 Å². The average Bonchev–Trinajstić information content (AvgIpc) is 2.97. The molecule has 0 aliphatic heterocycles. The molecule has 1 N–H and O–H groups in total. The lowest BCUT2D eigenvalue weighted by molar-refractivity contribution is 0.0977. The molecule has 0 aromatic carbocycles. The minimum absolute atomic E-state index is 0.0964. The van der Waals surface area contributed by atoms with Crippen molar-refractivity contribution in [3.8, 4) is 0 Å². The first-order valence-electron chi connectivity index (χ1n) is 6.06. The molecule has 2 rings (SSSR count). The Kier molecular flexibility index (Phi) is 3.72. The van der Waals surface area contributed by atoms with Crippen molar-refractivity contribution in [2.45, 2.75) is 32.7 Å². The van der Waals surface area contributed by atoms with Gasteiger partial charge in [0.2, 0.25) is 5.78 Å². The fourth-order valence-electron chi connectivity index (χ4n) is 1.77. The zero-order valence-electron chi connectivity index (χ0n) is 9.78. The van der Waals surface area contributed by atoms with Gasteiger partial charge in [-0.15, -0.1) is 0 Å². The molecule has 1 aliphatic rings. The van der Waals surface area contributed by atoms with E-state index in [-0.39, 0.29) is 5.78 Å². The van der Waals surface area contributed by atoms with E-state index in [4.69, 9.17) is 0 Å². The summed E-state index contributed by atoms with van der Waals surface area (Å²) in [4.78, 5) is 16.0. The molecule has 1 heterocycles. The Labute approximate surface area is 96.1 Å². The molecule has 1 fully saturated rings. The third-order valence-electron chi connectivity index (χ3n) is 2.84. The van der Waals surface area contributed by atoms with E-state index in [0.29, 0.717) is 12.4 Å². The summed E-state index contributed by atoms with van der Waals surface area (Å²) in [6.45, 7) is 4.35. The van der Waals surface area contributed by atoms with Crippen molar-refractivity contribution < 1.29 is 4.79 Å². The number of carbonyl (C=O) groups excluding carboxylic acids is 1. The smallest absolute Gasteiger partial charge is 0.211 e. The van der Waals surface area contributed by atoms with Crippen LogP contribution in [0.2, 0.25) is 0 Å². The zero-order valence-corrected chi connectivity index (χ0v) is 9.78. The molecule has 0 radical (unpaired) electrons. The lowest BCUT2D eigenvalue weighted by Crippen LogP contribution is -2.27. The zero-order chi connectivity index (χ0) is 11.4. The predicted octanol–water partition coefficient (Wildman–Crippen LogP) is 1.48. The molecular weight excluding hydrogens is 202 g/mol. The van der Waals surface area contributed by atoms with Crippen LogP contribution >= 0.6 is 0 Å². The number of rotatable bonds is 7. The van der Waals surface area contributed by atoms with E-state index in [9.17, 15) is 4.79 Å². The van der Waals surface area contributed by atoms with Crippen LogP contribution in [0, 0.1) is 5.92 Å². The summed E-state index contributed by atoms with van der Waals surface area (Å²) in [5.74, 6) is 1.49. The Balaban J connectivity index is 1.83. The molecule has 0 atom stereocenters. The van der Waals surface area contributed by atoms with E-state index in [1.54, 1.807) is 6.20 Å². The molecule has 1 aromatic rings. The van der Waals surface area contributed by atoms with Crippen LogP contribution in [0.1, 0.15) is 36.8 Å². The van der Waals surface area contributed by atoms with Crippen molar-refractivity contribution in [1.29, 1.82) is 0 Å². The van der Waals surface area contributed by atoms with Gasteiger partial charge in [-0.2, -0.15) is 0 Å². The highest BCUT2D eigenvalue weighted by molar-refractivity contribution is 5.94. The number of aryl methyl sites for hydroxylation is 1. The predicted molar refractivity (Wildman–Crippen MR) is 62.4 cm³/mol. The number of nitrogens with one attached hydrogen (secondary N) is 1. The molecule has 0 unspecified atom stereocenters. The Hall–Kier alpha value is -1.16. The molecule has 4 heteroatoms. The molecule has 4 nitrogen and oxygen atoms in total. The summed E-state index contributed by atoms with van der Waals surface area (Å²) in [7, 11) is 0. The van der Waals surface area contributed by atoms with Gasteiger partial charge in [0.15, 0.2) is 5.82 Å². The molecule has 1 aliphatic carbocycles. The lowest BCUT2D eigenvalue weighted by atomic mass is 10.3. The highest BCUT2D eigenvalue weighted by atomic mass is 16.1. The standard InChI is InChI=1S/C12H19N3O/c1-2-6-15-7-5-14-12(15)11(16)9-13-8-10-3-4-10/h5,7,10,13H,2-4,6,8-9H2,1H3. The number of aromatic nitrogens is 2. The largest absolute Gasteiger partial charge is 0.328 e. The van der Waals surface area contributed by atoms with Crippen molar-refractivity contribution in [2.75, 3.05) is 13.1 Å². The average molecular weight is 221 g/mol. The third kappa shape index (κ3) is 2.92. The van der Waals surface area contributed by atoms with E-state index in [1.165, 1.54) is 12.8 Å². The lowest BCUT2D eigenvalue weighted by Gasteiger charge is -2.06. The van der Waals surface area contributed by atoms with Crippen LogP contribution in [0.5, 0.6) is 0 Å². The Morgan fingerprint density at radius 3 is 3.12 bits per heavy atom. The van der Waals surface area contributed by atoms with Crippen LogP contribution in [0.25, 0.3) is 0 Å². The second-order valence-corrected chi connectivity index (χ2v) is 4.44. The van der Waals surface area contributed by atoms with Crippen molar-refractivity contribution in [3.63, 3.8) is 0 Å². The number of nitrogens with zero attached hydrogens (tertiary/aromatic N) is 2. The minimum Gasteiger partial charge on any atom is -0.328 e. The van der Waals surface area contributed by atoms with Gasteiger partial charge in [-0.25, -0.2) is 4.98 Å². The molecule has 1 saturated carbocycles. The van der Waals surface area contributed by atoms with Gasteiger partial charge in [-0.05, 0) is 31.7 Å². The summed E-state index contributed by atoms with van der Waals surface area (Å²) in [6, 6.07) is 0. The van der Waals surface area contributed by atoms with Gasteiger partial charge < -0.3 is 9.88 Å². The number of imidazole rings is 1. The van der Waals surface area contributed by atoms with Gasteiger partial charge in [0, 0.05) is 18.9 Å². The topological polar surface area (TPSA) is 46.9 Å². The quantitative estimate of drug-likeness (QED) is 0.709. The maximum atomic E-state index is 11.9. The fourth-order valence-corrected chi connectivity index (χ4v) is 1.77. The second-order valence-electron chi connectivity index (χ2n) is 4.44. The Morgan fingerprint density at radius 2 is 2.44 bits per heavy atom. The van der Waals surface area contributed by atoms with Crippen molar-refractivity contribution >= 4 is 5.78 Å². The number of Topliss-reactive ketones (excluding diaryl/α,β-unsaturated/α-hetero) is 1. The first-order valence-corrected chi connectivity index (χ1v) is 6.06. The highest BCUT2D eigenvalue weighted by Gasteiger charge is 2.21. The molecule has 1 aromatic heterocycles.